The van der Waals surface area contributed by atoms with Gasteiger partial charge in [0.2, 0.25) is 5.91 Å². The number of halogens is 1. The predicted octanol–water partition coefficient (Wildman–Crippen LogP) is 2.11. The van der Waals surface area contributed by atoms with Crippen molar-refractivity contribution in [1.29, 1.82) is 0 Å². The molecule has 0 spiro atoms. The van der Waals surface area contributed by atoms with E-state index in [4.69, 9.17) is 0 Å². The van der Waals surface area contributed by atoms with Crippen LogP contribution in [0.4, 0.5) is 0 Å². The Balaban J connectivity index is 0.00000256. The van der Waals surface area contributed by atoms with Crippen molar-refractivity contribution < 1.29 is 4.79 Å². The van der Waals surface area contributed by atoms with Crippen molar-refractivity contribution in [3.8, 4) is 0 Å². The summed E-state index contributed by atoms with van der Waals surface area (Å²) >= 11 is 3.65. The van der Waals surface area contributed by atoms with E-state index in [1.807, 2.05) is 11.8 Å². The smallest absolute Gasteiger partial charge is 0.238 e. The largest absolute Gasteiger partial charge is 0.353 e. The molecule has 1 aliphatic heterocycles. The van der Waals surface area contributed by atoms with E-state index in [0.717, 1.165) is 31.0 Å². The highest BCUT2D eigenvalue weighted by Gasteiger charge is 2.28. The molecule has 6 heteroatoms. The van der Waals surface area contributed by atoms with E-state index >= 15 is 0 Å². The van der Waals surface area contributed by atoms with E-state index in [0.29, 0.717) is 0 Å². The number of nitrogens with one attached hydrogen (secondary N) is 2. The van der Waals surface area contributed by atoms with Crippen LogP contribution in [-0.2, 0) is 4.79 Å². The van der Waals surface area contributed by atoms with Gasteiger partial charge in [0.1, 0.15) is 0 Å². The Morgan fingerprint density at radius 2 is 2.18 bits per heavy atom. The summed E-state index contributed by atoms with van der Waals surface area (Å²) < 4.78 is 0.210. The second kappa shape index (κ2) is 8.51. The zero-order valence-corrected chi connectivity index (χ0v) is 13.2. The fourth-order valence-corrected chi connectivity index (χ4v) is 3.53. The van der Waals surface area contributed by atoms with Crippen LogP contribution in [0.25, 0.3) is 0 Å². The van der Waals surface area contributed by atoms with E-state index in [-0.39, 0.29) is 29.1 Å². The summed E-state index contributed by atoms with van der Waals surface area (Å²) in [5.41, 5.74) is 0. The molecule has 0 bridgehead atoms. The zero-order chi connectivity index (χ0) is 12.0. The second-order valence-electron chi connectivity index (χ2n) is 4.08. The molecule has 1 amide bonds. The van der Waals surface area contributed by atoms with E-state index in [1.165, 1.54) is 0 Å². The molecule has 1 saturated heterocycles. The summed E-state index contributed by atoms with van der Waals surface area (Å²) in [6.07, 6.45) is 4.32. The molecule has 1 unspecified atom stereocenters. The second-order valence-corrected chi connectivity index (χ2v) is 6.39. The number of amides is 1. The molecular weight excluding hydrogens is 276 g/mol. The van der Waals surface area contributed by atoms with Gasteiger partial charge in [-0.15, -0.1) is 24.2 Å². The number of hydrogen-bond donors (Lipinski definition) is 2. The minimum absolute atomic E-state index is 0. The van der Waals surface area contributed by atoms with Gasteiger partial charge in [0.15, 0.2) is 0 Å². The average Bonchev–Trinajstić information content (AvgIpc) is 2.85. The molecule has 1 rings (SSSR count). The molecule has 1 fully saturated rings. The van der Waals surface area contributed by atoms with Crippen LogP contribution in [0.15, 0.2) is 0 Å². The molecule has 1 aliphatic rings. The van der Waals surface area contributed by atoms with Crippen molar-refractivity contribution >= 4 is 41.8 Å². The van der Waals surface area contributed by atoms with Gasteiger partial charge in [-0.3, -0.25) is 10.1 Å². The summed E-state index contributed by atoms with van der Waals surface area (Å²) in [5.74, 6) is 1.95. The van der Waals surface area contributed by atoms with Gasteiger partial charge in [0.25, 0.3) is 0 Å². The lowest BCUT2D eigenvalue weighted by Gasteiger charge is -2.30. The van der Waals surface area contributed by atoms with Crippen molar-refractivity contribution in [3.05, 3.63) is 0 Å². The molecule has 3 nitrogen and oxygen atoms in total. The fourth-order valence-electron chi connectivity index (χ4n) is 1.80. The standard InChI is InChI=1S/C11H22N2OS2.ClH/c1-4-11(5-2,15-3)7-12-10(14)9-6-16-8-13-9;/h9,13H,4-8H2,1-3H3,(H,12,14);1H. The highest BCUT2D eigenvalue weighted by atomic mass is 35.5. The molecule has 102 valence electrons. The predicted molar refractivity (Wildman–Crippen MR) is 81.3 cm³/mol. The quantitative estimate of drug-likeness (QED) is 0.788. The molecule has 1 heterocycles. The number of hydrogen-bond acceptors (Lipinski definition) is 4. The van der Waals surface area contributed by atoms with Gasteiger partial charge in [-0.2, -0.15) is 11.8 Å². The van der Waals surface area contributed by atoms with Crippen LogP contribution in [-0.4, -0.2) is 41.1 Å². The van der Waals surface area contributed by atoms with Crippen LogP contribution in [0.2, 0.25) is 0 Å². The highest BCUT2D eigenvalue weighted by Crippen LogP contribution is 2.29. The first-order valence-corrected chi connectivity index (χ1v) is 8.19. The third-order valence-electron chi connectivity index (χ3n) is 3.34. The Morgan fingerprint density at radius 1 is 1.53 bits per heavy atom. The normalized spacial score (nSPS) is 19.8. The number of rotatable bonds is 6. The molecule has 0 saturated carbocycles. The van der Waals surface area contributed by atoms with Gasteiger partial charge in [-0.25, -0.2) is 0 Å². The van der Waals surface area contributed by atoms with Crippen LogP contribution in [0.5, 0.6) is 0 Å². The molecule has 2 N–H and O–H groups in total. The fraction of sp³-hybridized carbons (Fsp3) is 0.909. The molecule has 17 heavy (non-hydrogen) atoms. The Bertz CT molecular complexity index is 223. The van der Waals surface area contributed by atoms with E-state index < -0.39 is 0 Å². The summed E-state index contributed by atoms with van der Waals surface area (Å²) in [7, 11) is 0. The summed E-state index contributed by atoms with van der Waals surface area (Å²) in [6.45, 7) is 5.16. The van der Waals surface area contributed by atoms with Crippen LogP contribution < -0.4 is 10.6 Å². The van der Waals surface area contributed by atoms with Crippen molar-refractivity contribution in [2.24, 2.45) is 0 Å². The first-order valence-electron chi connectivity index (χ1n) is 5.81. The Morgan fingerprint density at radius 3 is 2.59 bits per heavy atom. The topological polar surface area (TPSA) is 41.1 Å². The van der Waals surface area contributed by atoms with Gasteiger partial charge in [-0.05, 0) is 19.1 Å². The lowest BCUT2D eigenvalue weighted by Crippen LogP contribution is -2.47. The number of carbonyl (C=O) groups is 1. The van der Waals surface area contributed by atoms with Crippen molar-refractivity contribution in [2.45, 2.75) is 37.5 Å². The SMILES string of the molecule is CCC(CC)(CNC(=O)C1CSCN1)SC.Cl. The summed E-state index contributed by atoms with van der Waals surface area (Å²) in [5, 5.41) is 6.27. The lowest BCUT2D eigenvalue weighted by molar-refractivity contribution is -0.122. The Labute approximate surface area is 119 Å². The maximum atomic E-state index is 11.8. The Hall–Kier alpha value is 0.420. The highest BCUT2D eigenvalue weighted by molar-refractivity contribution is 8.00. The summed E-state index contributed by atoms with van der Waals surface area (Å²) in [4.78, 5) is 11.8. The molecule has 0 aromatic heterocycles. The zero-order valence-electron chi connectivity index (χ0n) is 10.7. The molecular formula is C11H23ClN2OS2. The van der Waals surface area contributed by atoms with Gasteiger partial charge in [0.05, 0.1) is 6.04 Å². The van der Waals surface area contributed by atoms with Crippen molar-refractivity contribution in [3.63, 3.8) is 0 Å². The maximum Gasteiger partial charge on any atom is 0.238 e. The molecule has 1 atom stereocenters. The van der Waals surface area contributed by atoms with Gasteiger partial charge in [-0.1, -0.05) is 13.8 Å². The van der Waals surface area contributed by atoms with E-state index in [1.54, 1.807) is 11.8 Å². The monoisotopic (exact) mass is 298 g/mol. The number of carbonyl (C=O) groups excluding carboxylic acids is 1. The molecule has 0 aromatic carbocycles. The third-order valence-corrected chi connectivity index (χ3v) is 5.87. The van der Waals surface area contributed by atoms with Crippen LogP contribution >= 0.6 is 35.9 Å². The minimum atomic E-state index is 0. The molecule has 0 aliphatic carbocycles. The van der Waals surface area contributed by atoms with Gasteiger partial charge >= 0.3 is 0 Å². The first kappa shape index (κ1) is 17.4. The maximum absolute atomic E-state index is 11.8. The van der Waals surface area contributed by atoms with Crippen molar-refractivity contribution in [1.82, 2.24) is 10.6 Å². The van der Waals surface area contributed by atoms with Gasteiger partial charge < -0.3 is 5.32 Å². The third kappa shape index (κ3) is 4.89. The molecule has 0 aromatic rings. The number of thioether (sulfide) groups is 2. The lowest BCUT2D eigenvalue weighted by atomic mass is 10.0. The van der Waals surface area contributed by atoms with Crippen LogP contribution in [0.1, 0.15) is 26.7 Å². The minimum Gasteiger partial charge on any atom is -0.353 e. The first-order chi connectivity index (χ1) is 7.67. The van der Waals surface area contributed by atoms with Gasteiger partial charge in [0, 0.05) is 22.9 Å². The Kier molecular flexibility index (Phi) is 8.72. The van der Waals surface area contributed by atoms with Crippen molar-refractivity contribution in [2.75, 3.05) is 24.4 Å². The van der Waals surface area contributed by atoms with E-state index in [9.17, 15) is 4.79 Å². The summed E-state index contributed by atoms with van der Waals surface area (Å²) in [6, 6.07) is 0.0123. The van der Waals surface area contributed by atoms with Crippen LogP contribution in [0.3, 0.4) is 0 Å². The van der Waals surface area contributed by atoms with Crippen LogP contribution in [0, 0.1) is 0 Å². The average molecular weight is 299 g/mol. The molecule has 0 radical (unpaired) electrons. The van der Waals surface area contributed by atoms with E-state index in [2.05, 4.69) is 30.7 Å².